The number of para-hydroxylation sites is 1. The van der Waals surface area contributed by atoms with Crippen molar-refractivity contribution in [2.75, 3.05) is 11.1 Å². The molecule has 3 aromatic rings. The first kappa shape index (κ1) is 11.5. The molecule has 96 valence electrons. The lowest BCUT2D eigenvalue weighted by Crippen LogP contribution is -1.94. The van der Waals surface area contributed by atoms with Crippen molar-refractivity contribution < 1.29 is 8.81 Å². The minimum absolute atomic E-state index is 0.273. The van der Waals surface area contributed by atoms with Crippen LogP contribution in [0.2, 0.25) is 0 Å². The van der Waals surface area contributed by atoms with Crippen molar-refractivity contribution in [2.45, 2.75) is 6.92 Å². The molecule has 0 radical (unpaired) electrons. The maximum Gasteiger partial charge on any atom is 0.300 e. The molecule has 0 amide bonds. The number of oxazole rings is 1. The van der Waals surface area contributed by atoms with Gasteiger partial charge in [-0.05, 0) is 42.8 Å². The average Bonchev–Trinajstić information content (AvgIpc) is 2.77. The number of nitrogens with one attached hydrogen (secondary N) is 1. The molecule has 1 aromatic heterocycles. The highest BCUT2D eigenvalue weighted by atomic mass is 19.1. The maximum absolute atomic E-state index is 13.0. The Labute approximate surface area is 109 Å². The number of aryl methyl sites for hydroxylation is 1. The van der Waals surface area contributed by atoms with Crippen LogP contribution < -0.4 is 11.1 Å². The van der Waals surface area contributed by atoms with Crippen LogP contribution in [0, 0.1) is 12.7 Å². The third-order valence-electron chi connectivity index (χ3n) is 2.88. The van der Waals surface area contributed by atoms with Crippen molar-refractivity contribution in [1.82, 2.24) is 4.98 Å². The summed E-state index contributed by atoms with van der Waals surface area (Å²) in [5.41, 5.74) is 9.12. The largest absolute Gasteiger partial charge is 0.423 e. The number of nitrogens with two attached hydrogens (primary N) is 1. The molecule has 3 N–H and O–H groups in total. The lowest BCUT2D eigenvalue weighted by Gasteiger charge is -2.05. The second kappa shape index (κ2) is 4.28. The highest BCUT2D eigenvalue weighted by molar-refractivity contribution is 5.86. The normalized spacial score (nSPS) is 10.8. The Bertz CT molecular complexity index is 752. The summed E-state index contributed by atoms with van der Waals surface area (Å²) in [5, 5.41) is 3.02. The Balaban J connectivity index is 1.99. The van der Waals surface area contributed by atoms with Crippen molar-refractivity contribution >= 4 is 28.5 Å². The Kier molecular flexibility index (Phi) is 2.59. The molecule has 0 saturated heterocycles. The first-order valence-electron chi connectivity index (χ1n) is 5.82. The highest BCUT2D eigenvalue weighted by Gasteiger charge is 2.09. The molecule has 0 aliphatic carbocycles. The second-order valence-electron chi connectivity index (χ2n) is 4.30. The van der Waals surface area contributed by atoms with Gasteiger partial charge in [-0.25, -0.2) is 4.39 Å². The SMILES string of the molecule is Cc1cc(F)ccc1Nc1nc2c(N)cccc2o1. The van der Waals surface area contributed by atoms with Gasteiger partial charge in [0.05, 0.1) is 5.69 Å². The van der Waals surface area contributed by atoms with Crippen LogP contribution in [-0.4, -0.2) is 4.98 Å². The number of aromatic nitrogens is 1. The fourth-order valence-corrected chi connectivity index (χ4v) is 1.91. The smallest absolute Gasteiger partial charge is 0.300 e. The molecule has 2 aromatic carbocycles. The number of halogens is 1. The van der Waals surface area contributed by atoms with Crippen LogP contribution in [0.15, 0.2) is 40.8 Å². The predicted molar refractivity (Wildman–Crippen MR) is 72.8 cm³/mol. The molecule has 5 heteroatoms. The summed E-state index contributed by atoms with van der Waals surface area (Å²) in [6.07, 6.45) is 0. The Morgan fingerprint density at radius 1 is 1.26 bits per heavy atom. The van der Waals surface area contributed by atoms with Crippen LogP contribution in [0.25, 0.3) is 11.1 Å². The fourth-order valence-electron chi connectivity index (χ4n) is 1.91. The van der Waals surface area contributed by atoms with Crippen LogP contribution in [0.4, 0.5) is 21.8 Å². The van der Waals surface area contributed by atoms with Gasteiger partial charge in [-0.2, -0.15) is 4.98 Å². The van der Waals surface area contributed by atoms with E-state index in [1.807, 2.05) is 6.92 Å². The van der Waals surface area contributed by atoms with E-state index < -0.39 is 0 Å². The first-order chi connectivity index (χ1) is 9.13. The number of fused-ring (bicyclic) bond motifs is 1. The minimum Gasteiger partial charge on any atom is -0.423 e. The number of hydrogen-bond acceptors (Lipinski definition) is 4. The number of nitrogen functional groups attached to an aromatic ring is 1. The topological polar surface area (TPSA) is 64.1 Å². The van der Waals surface area contributed by atoms with Gasteiger partial charge in [0.2, 0.25) is 0 Å². The van der Waals surface area contributed by atoms with Gasteiger partial charge >= 0.3 is 0 Å². The molecule has 19 heavy (non-hydrogen) atoms. The third-order valence-corrected chi connectivity index (χ3v) is 2.88. The zero-order chi connectivity index (χ0) is 13.4. The molecule has 3 rings (SSSR count). The van der Waals surface area contributed by atoms with Gasteiger partial charge in [-0.1, -0.05) is 6.07 Å². The van der Waals surface area contributed by atoms with Crippen LogP contribution in [0.1, 0.15) is 5.56 Å². The zero-order valence-electron chi connectivity index (χ0n) is 10.3. The number of nitrogens with zero attached hydrogens (tertiary/aromatic N) is 1. The fraction of sp³-hybridized carbons (Fsp3) is 0.0714. The number of hydrogen-bond donors (Lipinski definition) is 2. The lowest BCUT2D eigenvalue weighted by atomic mass is 10.2. The van der Waals surface area contributed by atoms with Crippen LogP contribution >= 0.6 is 0 Å². The van der Waals surface area contributed by atoms with E-state index in [4.69, 9.17) is 10.2 Å². The summed E-state index contributed by atoms with van der Waals surface area (Å²) in [7, 11) is 0. The molecule has 4 nitrogen and oxygen atoms in total. The Hall–Kier alpha value is -2.56. The molecule has 1 heterocycles. The van der Waals surface area contributed by atoms with Gasteiger partial charge in [-0.3, -0.25) is 0 Å². The molecular weight excluding hydrogens is 245 g/mol. The van der Waals surface area contributed by atoms with E-state index >= 15 is 0 Å². The van der Waals surface area contributed by atoms with Crippen molar-refractivity contribution in [1.29, 1.82) is 0 Å². The van der Waals surface area contributed by atoms with Gasteiger partial charge in [-0.15, -0.1) is 0 Å². The first-order valence-corrected chi connectivity index (χ1v) is 5.82. The van der Waals surface area contributed by atoms with E-state index in [0.717, 1.165) is 11.3 Å². The van der Waals surface area contributed by atoms with Crippen molar-refractivity contribution in [2.24, 2.45) is 0 Å². The van der Waals surface area contributed by atoms with Gasteiger partial charge in [0.15, 0.2) is 5.58 Å². The van der Waals surface area contributed by atoms with E-state index in [-0.39, 0.29) is 5.82 Å². The Morgan fingerprint density at radius 3 is 2.84 bits per heavy atom. The van der Waals surface area contributed by atoms with E-state index in [2.05, 4.69) is 10.3 Å². The molecule has 0 aliphatic heterocycles. The summed E-state index contributed by atoms with van der Waals surface area (Å²) < 4.78 is 18.6. The zero-order valence-corrected chi connectivity index (χ0v) is 10.3. The Morgan fingerprint density at radius 2 is 2.11 bits per heavy atom. The molecule has 0 fully saturated rings. The quantitative estimate of drug-likeness (QED) is 0.688. The predicted octanol–water partition coefficient (Wildman–Crippen LogP) is 3.60. The van der Waals surface area contributed by atoms with E-state index in [9.17, 15) is 4.39 Å². The van der Waals surface area contributed by atoms with E-state index in [1.54, 1.807) is 24.3 Å². The number of anilines is 3. The summed E-state index contributed by atoms with van der Waals surface area (Å²) in [4.78, 5) is 4.27. The van der Waals surface area contributed by atoms with Crippen LogP contribution in [0.5, 0.6) is 0 Å². The minimum atomic E-state index is -0.273. The molecular formula is C14H12FN3O. The maximum atomic E-state index is 13.0. The van der Waals surface area contributed by atoms with Crippen LogP contribution in [0.3, 0.4) is 0 Å². The molecule has 0 unspecified atom stereocenters. The average molecular weight is 257 g/mol. The van der Waals surface area contributed by atoms with E-state index in [1.165, 1.54) is 12.1 Å². The lowest BCUT2D eigenvalue weighted by molar-refractivity contribution is 0.620. The molecule has 0 saturated carbocycles. The second-order valence-corrected chi connectivity index (χ2v) is 4.30. The summed E-state index contributed by atoms with van der Waals surface area (Å²) in [6.45, 7) is 1.81. The van der Waals surface area contributed by atoms with E-state index in [0.29, 0.717) is 22.8 Å². The molecule has 0 spiro atoms. The summed E-state index contributed by atoms with van der Waals surface area (Å²) in [5.74, 6) is -0.273. The highest BCUT2D eigenvalue weighted by Crippen LogP contribution is 2.27. The summed E-state index contributed by atoms with van der Waals surface area (Å²) >= 11 is 0. The molecule has 0 atom stereocenters. The number of rotatable bonds is 2. The van der Waals surface area contributed by atoms with Crippen LogP contribution in [-0.2, 0) is 0 Å². The van der Waals surface area contributed by atoms with Crippen molar-refractivity contribution in [3.8, 4) is 0 Å². The number of benzene rings is 2. The van der Waals surface area contributed by atoms with Gasteiger partial charge < -0.3 is 15.5 Å². The molecule has 0 aliphatic rings. The third kappa shape index (κ3) is 2.10. The van der Waals surface area contributed by atoms with Gasteiger partial charge in [0, 0.05) is 5.69 Å². The molecule has 0 bridgehead atoms. The van der Waals surface area contributed by atoms with Crippen molar-refractivity contribution in [3.05, 3.63) is 47.8 Å². The van der Waals surface area contributed by atoms with Crippen molar-refractivity contribution in [3.63, 3.8) is 0 Å². The van der Waals surface area contributed by atoms with Gasteiger partial charge in [0.1, 0.15) is 11.3 Å². The standard InChI is InChI=1S/C14H12FN3O/c1-8-7-9(15)5-6-11(8)17-14-18-13-10(16)3-2-4-12(13)19-14/h2-7H,16H2,1H3,(H,17,18). The summed E-state index contributed by atoms with van der Waals surface area (Å²) in [6, 6.07) is 10.2. The monoisotopic (exact) mass is 257 g/mol. The van der Waals surface area contributed by atoms with Gasteiger partial charge in [0.25, 0.3) is 6.01 Å².